The van der Waals surface area contributed by atoms with Gasteiger partial charge in [0.1, 0.15) is 12.1 Å². The van der Waals surface area contributed by atoms with E-state index in [0.29, 0.717) is 11.8 Å². The van der Waals surface area contributed by atoms with Crippen molar-refractivity contribution in [2.24, 2.45) is 0 Å². The van der Waals surface area contributed by atoms with Gasteiger partial charge in [-0.25, -0.2) is 4.98 Å². The Bertz CT molecular complexity index is 556. The summed E-state index contributed by atoms with van der Waals surface area (Å²) < 4.78 is 36.8. The standard InChI is InChI=1S/C14H20F3N5O/c1-21(2)12-10(19-11(23)8-14(15,16)17)9-18-13(20-12)22-6-4-3-5-7-22/h9H,3-8H2,1-2H3,(H,19,23). The van der Waals surface area contributed by atoms with Crippen molar-refractivity contribution in [3.8, 4) is 0 Å². The molecule has 0 unspecified atom stereocenters. The normalized spacial score (nSPS) is 15.4. The average molecular weight is 331 g/mol. The second-order valence-electron chi connectivity index (χ2n) is 5.69. The van der Waals surface area contributed by atoms with Crippen LogP contribution in [0.2, 0.25) is 0 Å². The molecule has 0 radical (unpaired) electrons. The van der Waals surface area contributed by atoms with Gasteiger partial charge in [-0.2, -0.15) is 18.2 Å². The molecule has 0 aliphatic carbocycles. The van der Waals surface area contributed by atoms with E-state index in [1.807, 2.05) is 4.90 Å². The van der Waals surface area contributed by atoms with Crippen LogP contribution in [0.3, 0.4) is 0 Å². The lowest BCUT2D eigenvalue weighted by Crippen LogP contribution is -2.31. The van der Waals surface area contributed by atoms with E-state index < -0.39 is 18.5 Å². The largest absolute Gasteiger partial charge is 0.397 e. The first-order chi connectivity index (χ1) is 10.8. The summed E-state index contributed by atoms with van der Waals surface area (Å²) in [6.07, 6.45) is -1.43. The molecule has 9 heteroatoms. The molecule has 0 atom stereocenters. The number of carbonyl (C=O) groups excluding carboxylic acids is 1. The Hall–Kier alpha value is -2.06. The Kier molecular flexibility index (Phi) is 5.27. The molecule has 2 heterocycles. The molecule has 1 aliphatic rings. The molecule has 6 nitrogen and oxygen atoms in total. The number of hydrogen-bond acceptors (Lipinski definition) is 5. The Balaban J connectivity index is 2.17. The predicted octanol–water partition coefficient (Wildman–Crippen LogP) is 2.42. The maximum Gasteiger partial charge on any atom is 0.397 e. The van der Waals surface area contributed by atoms with Crippen molar-refractivity contribution in [3.05, 3.63) is 6.20 Å². The molecular formula is C14H20F3N5O. The van der Waals surface area contributed by atoms with Crippen LogP contribution in [-0.2, 0) is 4.79 Å². The fourth-order valence-corrected chi connectivity index (χ4v) is 2.42. The maximum atomic E-state index is 12.3. The lowest BCUT2D eigenvalue weighted by atomic mass is 10.1. The summed E-state index contributed by atoms with van der Waals surface area (Å²) in [6.45, 7) is 1.71. The van der Waals surface area contributed by atoms with Crippen molar-refractivity contribution < 1.29 is 18.0 Å². The van der Waals surface area contributed by atoms with Gasteiger partial charge in [-0.3, -0.25) is 4.79 Å². The quantitative estimate of drug-likeness (QED) is 0.918. The van der Waals surface area contributed by atoms with Crippen LogP contribution in [0.5, 0.6) is 0 Å². The smallest absolute Gasteiger partial charge is 0.361 e. The highest BCUT2D eigenvalue weighted by Gasteiger charge is 2.31. The minimum atomic E-state index is -4.54. The summed E-state index contributed by atoms with van der Waals surface area (Å²) in [5.74, 6) is -0.215. The van der Waals surface area contributed by atoms with Crippen molar-refractivity contribution in [1.29, 1.82) is 0 Å². The van der Waals surface area contributed by atoms with Gasteiger partial charge in [-0.1, -0.05) is 0 Å². The molecule has 1 amide bonds. The maximum absolute atomic E-state index is 12.3. The third-order valence-corrected chi connectivity index (χ3v) is 3.45. The summed E-state index contributed by atoms with van der Waals surface area (Å²) in [5, 5.41) is 2.23. The number of hydrogen-bond donors (Lipinski definition) is 1. The van der Waals surface area contributed by atoms with E-state index in [1.165, 1.54) is 12.6 Å². The molecule has 1 aromatic heterocycles. The van der Waals surface area contributed by atoms with Gasteiger partial charge in [-0.15, -0.1) is 0 Å². The van der Waals surface area contributed by atoms with Crippen LogP contribution in [0.4, 0.5) is 30.6 Å². The zero-order valence-electron chi connectivity index (χ0n) is 13.2. The Morgan fingerprint density at radius 3 is 2.52 bits per heavy atom. The number of piperidine rings is 1. The summed E-state index contributed by atoms with van der Waals surface area (Å²) in [6, 6.07) is 0. The lowest BCUT2D eigenvalue weighted by molar-refractivity contribution is -0.150. The first-order valence-electron chi connectivity index (χ1n) is 7.42. The third-order valence-electron chi connectivity index (χ3n) is 3.45. The Morgan fingerprint density at radius 2 is 1.96 bits per heavy atom. The molecule has 0 bridgehead atoms. The third kappa shape index (κ3) is 4.97. The van der Waals surface area contributed by atoms with Gasteiger partial charge in [0.25, 0.3) is 0 Å². The van der Waals surface area contributed by atoms with Crippen LogP contribution in [0.25, 0.3) is 0 Å². The predicted molar refractivity (Wildman–Crippen MR) is 81.7 cm³/mol. The van der Waals surface area contributed by atoms with Gasteiger partial charge in [-0.05, 0) is 19.3 Å². The number of carbonyl (C=O) groups is 1. The van der Waals surface area contributed by atoms with Crippen LogP contribution in [-0.4, -0.2) is 49.2 Å². The van der Waals surface area contributed by atoms with Gasteiger partial charge in [0.05, 0.1) is 6.20 Å². The van der Waals surface area contributed by atoms with E-state index in [9.17, 15) is 18.0 Å². The molecule has 1 N–H and O–H groups in total. The van der Waals surface area contributed by atoms with Gasteiger partial charge in [0, 0.05) is 27.2 Å². The average Bonchev–Trinajstić information content (AvgIpc) is 2.46. The Labute approximate surface area is 132 Å². The highest BCUT2D eigenvalue weighted by Crippen LogP contribution is 2.26. The van der Waals surface area contributed by atoms with Crippen LogP contribution < -0.4 is 15.1 Å². The van der Waals surface area contributed by atoms with E-state index in [0.717, 1.165) is 25.9 Å². The molecule has 1 aromatic rings. The number of anilines is 3. The van der Waals surface area contributed by atoms with Crippen LogP contribution >= 0.6 is 0 Å². The molecule has 1 fully saturated rings. The number of alkyl halides is 3. The number of nitrogens with zero attached hydrogens (tertiary/aromatic N) is 4. The van der Waals surface area contributed by atoms with Gasteiger partial charge >= 0.3 is 6.18 Å². The van der Waals surface area contributed by atoms with E-state index in [4.69, 9.17) is 0 Å². The van der Waals surface area contributed by atoms with Crippen LogP contribution in [0, 0.1) is 0 Å². The summed E-state index contributed by atoms with van der Waals surface area (Å²) in [7, 11) is 3.42. The molecule has 0 spiro atoms. The monoisotopic (exact) mass is 331 g/mol. The second kappa shape index (κ2) is 7.01. The summed E-state index contributed by atoms with van der Waals surface area (Å²) in [4.78, 5) is 23.7. The number of halogens is 3. The minimum Gasteiger partial charge on any atom is -0.361 e. The van der Waals surface area contributed by atoms with Crippen molar-refractivity contribution in [2.75, 3.05) is 42.3 Å². The summed E-state index contributed by atoms with van der Waals surface area (Å²) >= 11 is 0. The fraction of sp³-hybridized carbons (Fsp3) is 0.643. The highest BCUT2D eigenvalue weighted by atomic mass is 19.4. The number of rotatable bonds is 4. The van der Waals surface area contributed by atoms with Crippen molar-refractivity contribution in [3.63, 3.8) is 0 Å². The zero-order valence-corrected chi connectivity index (χ0v) is 13.2. The van der Waals surface area contributed by atoms with E-state index >= 15 is 0 Å². The first kappa shape index (κ1) is 17.3. The number of nitrogens with one attached hydrogen (secondary N) is 1. The second-order valence-corrected chi connectivity index (χ2v) is 5.69. The minimum absolute atomic E-state index is 0.171. The van der Waals surface area contributed by atoms with E-state index in [2.05, 4.69) is 15.3 Å². The van der Waals surface area contributed by atoms with Crippen molar-refractivity contribution >= 4 is 23.4 Å². The van der Waals surface area contributed by atoms with Crippen LogP contribution in [0.15, 0.2) is 6.20 Å². The van der Waals surface area contributed by atoms with E-state index in [-0.39, 0.29) is 5.69 Å². The van der Waals surface area contributed by atoms with E-state index in [1.54, 1.807) is 19.0 Å². The molecule has 1 saturated heterocycles. The van der Waals surface area contributed by atoms with Crippen LogP contribution in [0.1, 0.15) is 25.7 Å². The van der Waals surface area contributed by atoms with Gasteiger partial charge < -0.3 is 15.1 Å². The number of aromatic nitrogens is 2. The first-order valence-corrected chi connectivity index (χ1v) is 7.42. The van der Waals surface area contributed by atoms with Crippen molar-refractivity contribution in [2.45, 2.75) is 31.9 Å². The summed E-state index contributed by atoms with van der Waals surface area (Å²) in [5.41, 5.74) is 0.171. The van der Waals surface area contributed by atoms with Crippen molar-refractivity contribution in [1.82, 2.24) is 9.97 Å². The SMILES string of the molecule is CN(C)c1nc(N2CCCCC2)ncc1NC(=O)CC(F)(F)F. The number of amides is 1. The molecule has 1 aliphatic heterocycles. The zero-order chi connectivity index (χ0) is 17.0. The molecular weight excluding hydrogens is 311 g/mol. The molecule has 0 saturated carbocycles. The molecule has 0 aromatic carbocycles. The topological polar surface area (TPSA) is 61.4 Å². The lowest BCUT2D eigenvalue weighted by Gasteiger charge is -2.28. The van der Waals surface area contributed by atoms with Gasteiger partial charge in [0.2, 0.25) is 11.9 Å². The fourth-order valence-electron chi connectivity index (χ4n) is 2.42. The molecule has 2 rings (SSSR count). The molecule has 23 heavy (non-hydrogen) atoms. The molecule has 128 valence electrons. The van der Waals surface area contributed by atoms with Gasteiger partial charge in [0.15, 0.2) is 5.82 Å². The highest BCUT2D eigenvalue weighted by molar-refractivity contribution is 5.93. The Morgan fingerprint density at radius 1 is 1.30 bits per heavy atom.